The predicted molar refractivity (Wildman–Crippen MR) is 80.7 cm³/mol. The Bertz CT molecular complexity index is 457. The van der Waals surface area contributed by atoms with Crippen LogP contribution in [0.25, 0.3) is 0 Å². The summed E-state index contributed by atoms with van der Waals surface area (Å²) in [5, 5.41) is 50.8. The van der Waals surface area contributed by atoms with E-state index in [1.807, 2.05) is 13.8 Å². The van der Waals surface area contributed by atoms with Gasteiger partial charge >= 0.3 is 0 Å². The third kappa shape index (κ3) is 3.72. The molecule has 1 aliphatic carbocycles. The van der Waals surface area contributed by atoms with Crippen LogP contribution in [0.5, 0.6) is 0 Å². The fourth-order valence-electron chi connectivity index (χ4n) is 2.81. The van der Waals surface area contributed by atoms with Gasteiger partial charge in [-0.25, -0.2) is 0 Å². The summed E-state index contributed by atoms with van der Waals surface area (Å²) >= 11 is 0. The normalized spacial score (nSPS) is 41.0. The zero-order valence-electron chi connectivity index (χ0n) is 13.9. The van der Waals surface area contributed by atoms with E-state index >= 15 is 0 Å². The van der Waals surface area contributed by atoms with Crippen molar-refractivity contribution >= 4 is 5.91 Å². The van der Waals surface area contributed by atoms with Crippen molar-refractivity contribution in [3.05, 3.63) is 0 Å². The number of carbonyl (C=O) groups excluding carboxylic acids is 1. The Morgan fingerprint density at radius 3 is 2.42 bits per heavy atom. The number of hydrogen-bond donors (Lipinski definition) is 6. The second-order valence-corrected chi connectivity index (χ2v) is 7.10. The molecule has 0 radical (unpaired) electrons. The molecule has 1 amide bonds. The molecule has 24 heavy (non-hydrogen) atoms. The van der Waals surface area contributed by atoms with Gasteiger partial charge in [-0.05, 0) is 12.8 Å². The molecule has 0 aromatic carbocycles. The smallest absolute Gasteiger partial charge is 0.252 e. The van der Waals surface area contributed by atoms with Gasteiger partial charge in [-0.1, -0.05) is 13.8 Å². The molecule has 1 heterocycles. The number of hydrogen-bond acceptors (Lipinski definition) is 8. The maximum Gasteiger partial charge on any atom is 0.252 e. The van der Waals surface area contributed by atoms with Crippen LogP contribution in [0.2, 0.25) is 0 Å². The molecule has 1 aliphatic heterocycles. The molecular formula is C15H27NO8. The molecule has 1 unspecified atom stereocenters. The number of aliphatic hydroxyl groups excluding tert-OH is 4. The lowest BCUT2D eigenvalue weighted by Gasteiger charge is -2.39. The van der Waals surface area contributed by atoms with E-state index in [0.29, 0.717) is 12.8 Å². The van der Waals surface area contributed by atoms with Gasteiger partial charge < -0.3 is 40.3 Å². The van der Waals surface area contributed by atoms with Gasteiger partial charge in [0.2, 0.25) is 0 Å². The van der Waals surface area contributed by atoms with Crippen molar-refractivity contribution in [1.82, 2.24) is 5.32 Å². The first-order valence-electron chi connectivity index (χ1n) is 8.07. The van der Waals surface area contributed by atoms with Gasteiger partial charge in [0.25, 0.3) is 5.91 Å². The predicted octanol–water partition coefficient (Wildman–Crippen LogP) is -2.53. The minimum Gasteiger partial charge on any atom is -0.394 e. The quantitative estimate of drug-likeness (QED) is 0.276. The summed E-state index contributed by atoms with van der Waals surface area (Å²) in [5.74, 6) is -0.416. The van der Waals surface area contributed by atoms with Crippen molar-refractivity contribution in [2.75, 3.05) is 19.8 Å². The van der Waals surface area contributed by atoms with Crippen LogP contribution >= 0.6 is 0 Å². The Balaban J connectivity index is 1.68. The monoisotopic (exact) mass is 349 g/mol. The molecule has 9 nitrogen and oxygen atoms in total. The van der Waals surface area contributed by atoms with Gasteiger partial charge in [0.05, 0.1) is 13.2 Å². The van der Waals surface area contributed by atoms with Crippen LogP contribution < -0.4 is 5.32 Å². The number of nitrogens with one attached hydrogen (secondary N) is 1. The fraction of sp³-hybridized carbons (Fsp3) is 0.933. The molecule has 0 bridgehead atoms. The van der Waals surface area contributed by atoms with E-state index in [0.717, 1.165) is 0 Å². The molecular weight excluding hydrogens is 322 g/mol. The second kappa shape index (κ2) is 7.20. The van der Waals surface area contributed by atoms with E-state index in [2.05, 4.69) is 5.32 Å². The minimum atomic E-state index is -1.48. The summed E-state index contributed by atoms with van der Waals surface area (Å²) in [7, 11) is 0. The van der Waals surface area contributed by atoms with Gasteiger partial charge in [0.1, 0.15) is 30.0 Å². The molecule has 0 aromatic heterocycles. The average Bonchev–Trinajstić information content (AvgIpc) is 3.06. The highest BCUT2D eigenvalue weighted by molar-refractivity contribution is 5.89. The second-order valence-electron chi connectivity index (χ2n) is 7.10. The third-order valence-corrected chi connectivity index (χ3v) is 4.81. The number of ether oxygens (including phenoxy) is 2. The first-order chi connectivity index (χ1) is 11.1. The average molecular weight is 349 g/mol. The lowest BCUT2D eigenvalue weighted by atomic mass is 9.99. The molecule has 0 spiro atoms. The molecule has 2 fully saturated rings. The maximum absolute atomic E-state index is 11.9. The van der Waals surface area contributed by atoms with Crippen LogP contribution in [-0.4, -0.2) is 87.5 Å². The molecule has 2 rings (SSSR count). The van der Waals surface area contributed by atoms with E-state index < -0.39 is 54.2 Å². The molecule has 6 atom stereocenters. The van der Waals surface area contributed by atoms with Crippen molar-refractivity contribution in [3.63, 3.8) is 0 Å². The summed E-state index contributed by atoms with van der Waals surface area (Å²) in [5.41, 5.74) is -1.73. The summed E-state index contributed by atoms with van der Waals surface area (Å²) in [6.45, 7) is 3.50. The Morgan fingerprint density at radius 1 is 1.25 bits per heavy atom. The van der Waals surface area contributed by atoms with Crippen molar-refractivity contribution in [2.45, 2.75) is 63.0 Å². The number of rotatable bonds is 7. The number of carbonyl (C=O) groups is 1. The van der Waals surface area contributed by atoms with Gasteiger partial charge in [0.15, 0.2) is 6.29 Å². The van der Waals surface area contributed by atoms with Crippen LogP contribution in [0.4, 0.5) is 0 Å². The summed E-state index contributed by atoms with van der Waals surface area (Å²) in [6, 6.07) is 0. The van der Waals surface area contributed by atoms with Gasteiger partial charge in [-0.2, -0.15) is 0 Å². The van der Waals surface area contributed by atoms with Gasteiger partial charge in [0, 0.05) is 12.0 Å². The summed E-state index contributed by atoms with van der Waals surface area (Å²) < 4.78 is 10.5. The Hall–Kier alpha value is -0.810. The van der Waals surface area contributed by atoms with Gasteiger partial charge in [-0.15, -0.1) is 0 Å². The topological polar surface area (TPSA) is 149 Å². The highest BCUT2D eigenvalue weighted by Gasteiger charge is 2.65. The van der Waals surface area contributed by atoms with Crippen LogP contribution in [-0.2, 0) is 14.3 Å². The van der Waals surface area contributed by atoms with Crippen molar-refractivity contribution in [3.8, 4) is 0 Å². The van der Waals surface area contributed by atoms with Crippen molar-refractivity contribution in [2.24, 2.45) is 5.41 Å². The zero-order valence-corrected chi connectivity index (χ0v) is 13.9. The molecule has 1 saturated carbocycles. The number of amides is 1. The van der Waals surface area contributed by atoms with E-state index in [9.17, 15) is 25.2 Å². The Labute approximate surface area is 140 Å². The fourth-order valence-corrected chi connectivity index (χ4v) is 2.81. The SMILES string of the molecule is CC1(C)CC1(O)C(=O)NCCCO[C@H]1O[C@H](CO)[C@@H](O)[C@H](O)[C@@H]1O. The first kappa shape index (κ1) is 19.5. The highest BCUT2D eigenvalue weighted by atomic mass is 16.7. The molecule has 6 N–H and O–H groups in total. The summed E-state index contributed by atoms with van der Waals surface area (Å²) in [4.78, 5) is 11.9. The largest absolute Gasteiger partial charge is 0.394 e. The van der Waals surface area contributed by atoms with E-state index in [1.54, 1.807) is 0 Å². The van der Waals surface area contributed by atoms with Crippen LogP contribution in [0.1, 0.15) is 26.7 Å². The molecule has 9 heteroatoms. The van der Waals surface area contributed by atoms with Crippen LogP contribution in [0.3, 0.4) is 0 Å². The third-order valence-electron chi connectivity index (χ3n) is 4.81. The highest BCUT2D eigenvalue weighted by Crippen LogP contribution is 2.55. The van der Waals surface area contributed by atoms with Crippen molar-refractivity contribution in [1.29, 1.82) is 0 Å². The molecule has 1 saturated heterocycles. The molecule has 2 aliphatic rings. The maximum atomic E-state index is 11.9. The molecule has 0 aromatic rings. The minimum absolute atomic E-state index is 0.116. The zero-order chi connectivity index (χ0) is 18.1. The van der Waals surface area contributed by atoms with E-state index in [-0.39, 0.29) is 13.2 Å². The van der Waals surface area contributed by atoms with E-state index in [1.165, 1.54) is 0 Å². The molecule has 140 valence electrons. The lowest BCUT2D eigenvalue weighted by Crippen LogP contribution is -2.59. The number of aliphatic hydroxyl groups is 5. The van der Waals surface area contributed by atoms with Crippen LogP contribution in [0, 0.1) is 5.41 Å². The lowest BCUT2D eigenvalue weighted by molar-refractivity contribution is -0.301. The van der Waals surface area contributed by atoms with E-state index in [4.69, 9.17) is 14.6 Å². The summed E-state index contributed by atoms with van der Waals surface area (Å²) in [6.07, 6.45) is -5.71. The van der Waals surface area contributed by atoms with Crippen LogP contribution in [0.15, 0.2) is 0 Å². The van der Waals surface area contributed by atoms with Crippen molar-refractivity contribution < 1.29 is 39.8 Å². The standard InChI is InChI=1S/C15H27NO8/c1-14(2)7-15(14,22)13(21)16-4-3-5-23-12-11(20)10(19)9(18)8(6-17)24-12/h8-12,17-20,22H,3-7H2,1-2H3,(H,16,21)/t8-,9-,10+,11+,12+,15?/m1/s1. The Morgan fingerprint density at radius 2 is 1.88 bits per heavy atom. The van der Waals surface area contributed by atoms with Gasteiger partial charge in [-0.3, -0.25) is 4.79 Å². The Kier molecular flexibility index (Phi) is 5.86. The first-order valence-corrected chi connectivity index (χ1v) is 8.07.